The van der Waals surface area contributed by atoms with Crippen molar-refractivity contribution in [3.63, 3.8) is 0 Å². The summed E-state index contributed by atoms with van der Waals surface area (Å²) in [6.07, 6.45) is 0. The second kappa shape index (κ2) is 5.70. The highest BCUT2D eigenvalue weighted by molar-refractivity contribution is 9.10. The Morgan fingerprint density at radius 3 is 2.50 bits per heavy atom. The van der Waals surface area contributed by atoms with E-state index in [0.29, 0.717) is 4.47 Å². The predicted octanol–water partition coefficient (Wildman–Crippen LogP) is 3.06. The molecule has 0 bridgehead atoms. The highest BCUT2D eigenvalue weighted by atomic mass is 79.9. The summed E-state index contributed by atoms with van der Waals surface area (Å²) in [4.78, 5) is -0.153. The fourth-order valence-corrected chi connectivity index (χ4v) is 4.06. The molecular weight excluding hydrogens is 355 g/mol. The van der Waals surface area contributed by atoms with E-state index in [2.05, 4.69) is 15.9 Å². The number of anilines is 1. The van der Waals surface area contributed by atoms with E-state index >= 15 is 0 Å². The third-order valence-corrected chi connectivity index (χ3v) is 5.18. The van der Waals surface area contributed by atoms with E-state index in [1.165, 1.54) is 12.1 Å². The fraction of sp³-hybridized carbons (Fsp3) is 0.333. The maximum Gasteiger partial charge on any atom is 0.441 e. The molecule has 102 valence electrons. The number of alkyl halides is 3. The molecule has 0 aromatic heterocycles. The van der Waals surface area contributed by atoms with Gasteiger partial charge in [0.05, 0.1) is 16.3 Å². The Morgan fingerprint density at radius 1 is 1.33 bits per heavy atom. The lowest BCUT2D eigenvalue weighted by Gasteiger charge is -2.09. The minimum absolute atomic E-state index is 0.0233. The predicted molar refractivity (Wildman–Crippen MR) is 69.1 cm³/mol. The van der Waals surface area contributed by atoms with E-state index in [-0.39, 0.29) is 22.3 Å². The Kier molecular flexibility index (Phi) is 4.96. The zero-order valence-corrected chi connectivity index (χ0v) is 12.1. The Morgan fingerprint density at radius 2 is 1.94 bits per heavy atom. The molecule has 0 unspecified atom stereocenters. The van der Waals surface area contributed by atoms with Crippen LogP contribution in [-0.2, 0) is 9.84 Å². The number of thioether (sulfide) groups is 1. The summed E-state index contributed by atoms with van der Waals surface area (Å²) in [6.45, 7) is 0. The van der Waals surface area contributed by atoms with Crippen LogP contribution in [0.25, 0.3) is 0 Å². The fourth-order valence-electron chi connectivity index (χ4n) is 1.15. The zero-order chi connectivity index (χ0) is 14.0. The van der Waals surface area contributed by atoms with Crippen LogP contribution in [0.15, 0.2) is 27.6 Å². The average Bonchev–Trinajstić information content (AvgIpc) is 2.19. The van der Waals surface area contributed by atoms with Crippen molar-refractivity contribution >= 4 is 43.2 Å². The summed E-state index contributed by atoms with van der Waals surface area (Å²) in [5, 5.41) is 0. The molecule has 0 heterocycles. The van der Waals surface area contributed by atoms with Crippen molar-refractivity contribution in [2.45, 2.75) is 10.4 Å². The highest BCUT2D eigenvalue weighted by Gasteiger charge is 2.29. The quantitative estimate of drug-likeness (QED) is 0.835. The molecule has 0 aliphatic rings. The second-order valence-corrected chi connectivity index (χ2v) is 7.45. The molecule has 9 heteroatoms. The van der Waals surface area contributed by atoms with E-state index in [1.54, 1.807) is 6.07 Å². The van der Waals surface area contributed by atoms with Gasteiger partial charge in [-0.05, 0) is 30.0 Å². The number of nitrogen functional groups attached to an aromatic ring is 1. The molecule has 0 spiro atoms. The molecule has 3 nitrogen and oxygen atoms in total. The number of sulfone groups is 1. The molecule has 1 aromatic rings. The van der Waals surface area contributed by atoms with Gasteiger partial charge in [-0.1, -0.05) is 15.9 Å². The number of rotatable bonds is 4. The van der Waals surface area contributed by atoms with Gasteiger partial charge in [0.2, 0.25) is 0 Å². The molecule has 1 rings (SSSR count). The molecule has 2 N–H and O–H groups in total. The maximum absolute atomic E-state index is 11.9. The topological polar surface area (TPSA) is 60.2 Å². The second-order valence-electron chi connectivity index (χ2n) is 3.30. The van der Waals surface area contributed by atoms with Crippen molar-refractivity contribution in [2.75, 3.05) is 17.2 Å². The monoisotopic (exact) mass is 363 g/mol. The molecular formula is C9H9BrF3NO2S2. The zero-order valence-electron chi connectivity index (χ0n) is 8.87. The van der Waals surface area contributed by atoms with Crippen LogP contribution in [0.4, 0.5) is 18.9 Å². The molecule has 0 fully saturated rings. The van der Waals surface area contributed by atoms with Crippen LogP contribution in [-0.4, -0.2) is 25.4 Å². The van der Waals surface area contributed by atoms with Crippen molar-refractivity contribution < 1.29 is 21.6 Å². The minimum atomic E-state index is -4.43. The summed E-state index contributed by atoms with van der Waals surface area (Å²) in [7, 11) is -3.81. The van der Waals surface area contributed by atoms with Crippen LogP contribution in [0.1, 0.15) is 0 Å². The first-order valence-corrected chi connectivity index (χ1v) is 8.03. The van der Waals surface area contributed by atoms with Gasteiger partial charge < -0.3 is 5.73 Å². The van der Waals surface area contributed by atoms with Crippen molar-refractivity contribution in [3.8, 4) is 0 Å². The van der Waals surface area contributed by atoms with E-state index < -0.39 is 26.9 Å². The number of hydrogen-bond donors (Lipinski definition) is 1. The van der Waals surface area contributed by atoms with Gasteiger partial charge in [-0.3, -0.25) is 0 Å². The van der Waals surface area contributed by atoms with Crippen LogP contribution >= 0.6 is 27.7 Å². The third kappa shape index (κ3) is 4.69. The van der Waals surface area contributed by atoms with Gasteiger partial charge in [0.15, 0.2) is 9.84 Å². The van der Waals surface area contributed by atoms with Crippen LogP contribution in [0.3, 0.4) is 0 Å². The van der Waals surface area contributed by atoms with Gasteiger partial charge in [0.1, 0.15) is 0 Å². The van der Waals surface area contributed by atoms with Gasteiger partial charge in [-0.25, -0.2) is 8.42 Å². The summed E-state index contributed by atoms with van der Waals surface area (Å²) in [6, 6.07) is 4.22. The lowest BCUT2D eigenvalue weighted by molar-refractivity contribution is -0.0326. The number of benzene rings is 1. The first-order chi connectivity index (χ1) is 8.12. The van der Waals surface area contributed by atoms with Gasteiger partial charge in [-0.15, -0.1) is 0 Å². The van der Waals surface area contributed by atoms with Crippen LogP contribution < -0.4 is 5.73 Å². The number of hydrogen-bond acceptors (Lipinski definition) is 4. The minimum Gasteiger partial charge on any atom is -0.398 e. The molecule has 0 saturated carbocycles. The highest BCUT2D eigenvalue weighted by Crippen LogP contribution is 2.31. The Hall–Kier alpha value is -0.410. The van der Waals surface area contributed by atoms with Gasteiger partial charge in [0.25, 0.3) is 0 Å². The van der Waals surface area contributed by atoms with Crippen molar-refractivity contribution in [1.29, 1.82) is 0 Å². The van der Waals surface area contributed by atoms with Gasteiger partial charge in [0, 0.05) is 10.2 Å². The molecule has 0 radical (unpaired) electrons. The molecule has 1 aromatic carbocycles. The molecule has 0 amide bonds. The van der Waals surface area contributed by atoms with Crippen LogP contribution in [0.5, 0.6) is 0 Å². The largest absolute Gasteiger partial charge is 0.441 e. The summed E-state index contributed by atoms with van der Waals surface area (Å²) < 4.78 is 59.9. The third-order valence-electron chi connectivity index (χ3n) is 1.93. The van der Waals surface area contributed by atoms with E-state index in [0.717, 1.165) is 0 Å². The Balaban J connectivity index is 2.84. The van der Waals surface area contributed by atoms with Crippen molar-refractivity contribution in [2.24, 2.45) is 0 Å². The molecule has 0 saturated heterocycles. The SMILES string of the molecule is Nc1ccc(Br)cc1S(=O)(=O)CCSC(F)(F)F. The van der Waals surface area contributed by atoms with E-state index in [4.69, 9.17) is 5.73 Å². The summed E-state index contributed by atoms with van der Waals surface area (Å²) in [5.74, 6) is -1.17. The number of nitrogens with two attached hydrogens (primary N) is 1. The van der Waals surface area contributed by atoms with Crippen molar-refractivity contribution in [1.82, 2.24) is 0 Å². The van der Waals surface area contributed by atoms with E-state index in [9.17, 15) is 21.6 Å². The Bertz CT molecular complexity index is 531. The molecule has 0 aliphatic heterocycles. The molecule has 0 aliphatic carbocycles. The normalized spacial score (nSPS) is 12.7. The molecule has 0 atom stereocenters. The van der Waals surface area contributed by atoms with E-state index in [1.807, 2.05) is 0 Å². The van der Waals surface area contributed by atoms with Crippen molar-refractivity contribution in [3.05, 3.63) is 22.7 Å². The maximum atomic E-state index is 11.9. The average molecular weight is 364 g/mol. The summed E-state index contributed by atoms with van der Waals surface area (Å²) >= 11 is 2.72. The lowest BCUT2D eigenvalue weighted by atomic mass is 10.3. The lowest BCUT2D eigenvalue weighted by Crippen LogP contribution is -2.13. The first kappa shape index (κ1) is 15.6. The molecule has 18 heavy (non-hydrogen) atoms. The van der Waals surface area contributed by atoms with Gasteiger partial charge in [-0.2, -0.15) is 13.2 Å². The van der Waals surface area contributed by atoms with Gasteiger partial charge >= 0.3 is 5.51 Å². The number of halogens is 4. The van der Waals surface area contributed by atoms with Crippen LogP contribution in [0, 0.1) is 0 Å². The van der Waals surface area contributed by atoms with Crippen LogP contribution in [0.2, 0.25) is 0 Å². The standard InChI is InChI=1S/C9H9BrF3NO2S2/c10-6-1-2-7(14)8(5-6)18(15,16)4-3-17-9(11,12)13/h1-2,5H,3-4,14H2. The Labute approximate surface area is 115 Å². The summed E-state index contributed by atoms with van der Waals surface area (Å²) in [5.41, 5.74) is 1.10. The first-order valence-electron chi connectivity index (χ1n) is 4.60. The smallest absolute Gasteiger partial charge is 0.398 e.